The van der Waals surface area contributed by atoms with Crippen LogP contribution in [0.2, 0.25) is 0 Å². The van der Waals surface area contributed by atoms with E-state index in [1.807, 2.05) is 0 Å². The first-order valence-corrected chi connectivity index (χ1v) is 6.10. The van der Waals surface area contributed by atoms with Crippen molar-refractivity contribution in [3.8, 4) is 0 Å². The second-order valence-corrected chi connectivity index (χ2v) is 5.23. The van der Waals surface area contributed by atoms with Crippen LogP contribution in [-0.4, -0.2) is 30.1 Å². The number of sulfonamides is 1. The summed E-state index contributed by atoms with van der Waals surface area (Å²) in [5, 5.41) is 6.19. The molecule has 6 nitrogen and oxygen atoms in total. The fourth-order valence-electron chi connectivity index (χ4n) is 0.997. The van der Waals surface area contributed by atoms with Gasteiger partial charge in [-0.2, -0.15) is 5.10 Å². The summed E-state index contributed by atoms with van der Waals surface area (Å²) in [6, 6.07) is 0. The number of H-pyrrole nitrogens is 1. The average molecular weight is 248 g/mol. The van der Waals surface area contributed by atoms with Crippen LogP contribution in [0.4, 0.5) is 0 Å². The predicted octanol–water partition coefficient (Wildman–Crippen LogP) is -0.327. The van der Waals surface area contributed by atoms with Crippen LogP contribution in [0.25, 0.3) is 0 Å². The van der Waals surface area contributed by atoms with E-state index in [0.29, 0.717) is 12.1 Å². The van der Waals surface area contributed by atoms with E-state index in [4.69, 9.17) is 5.73 Å². The van der Waals surface area contributed by atoms with Gasteiger partial charge in [-0.25, -0.2) is 13.1 Å². The molecule has 0 saturated heterocycles. The minimum absolute atomic E-state index is 0.144. The lowest BCUT2D eigenvalue weighted by molar-refractivity contribution is 0.582. The Balaban J connectivity index is 2.69. The average Bonchev–Trinajstić information content (AvgIpc) is 2.50. The predicted molar refractivity (Wildman–Crippen MR) is 59.9 cm³/mol. The van der Waals surface area contributed by atoms with Crippen LogP contribution in [-0.2, 0) is 10.0 Å². The number of hydrogen-bond donors (Lipinski definition) is 3. The van der Waals surface area contributed by atoms with Crippen molar-refractivity contribution in [2.75, 3.05) is 6.54 Å². The summed E-state index contributed by atoms with van der Waals surface area (Å²) in [6.07, 6.45) is 1.60. The highest BCUT2D eigenvalue weighted by Gasteiger charge is 2.17. The third-order valence-electron chi connectivity index (χ3n) is 1.74. The number of nitrogens with one attached hydrogen (secondary N) is 2. The van der Waals surface area contributed by atoms with Crippen LogP contribution in [0.3, 0.4) is 0 Å². The largest absolute Gasteiger partial charge is 0.393 e. The lowest BCUT2D eigenvalue weighted by Crippen LogP contribution is -2.27. The molecule has 1 heterocycles. The molecule has 15 heavy (non-hydrogen) atoms. The molecule has 0 bridgehead atoms. The number of aryl methyl sites for hydroxylation is 1. The molecule has 0 radical (unpaired) electrons. The van der Waals surface area contributed by atoms with Gasteiger partial charge in [-0.1, -0.05) is 12.2 Å². The second kappa shape index (κ2) is 4.69. The van der Waals surface area contributed by atoms with Gasteiger partial charge >= 0.3 is 0 Å². The van der Waals surface area contributed by atoms with Crippen molar-refractivity contribution in [1.29, 1.82) is 0 Å². The Bertz CT molecular complexity index is 451. The molecule has 0 fully saturated rings. The zero-order chi connectivity index (χ0) is 11.5. The van der Waals surface area contributed by atoms with E-state index in [0.717, 1.165) is 0 Å². The highest BCUT2D eigenvalue weighted by Crippen LogP contribution is 2.10. The SMILES string of the molecule is Cc1[nH]ncc1S(=O)(=O)NCCC(N)=S. The van der Waals surface area contributed by atoms with Gasteiger partial charge in [-0.05, 0) is 6.92 Å². The monoisotopic (exact) mass is 248 g/mol. The third-order valence-corrected chi connectivity index (χ3v) is 3.52. The van der Waals surface area contributed by atoms with Crippen LogP contribution in [0.5, 0.6) is 0 Å². The van der Waals surface area contributed by atoms with Crippen molar-refractivity contribution in [3.63, 3.8) is 0 Å². The van der Waals surface area contributed by atoms with Crippen molar-refractivity contribution in [3.05, 3.63) is 11.9 Å². The molecule has 0 spiro atoms. The minimum atomic E-state index is -3.50. The summed E-state index contributed by atoms with van der Waals surface area (Å²) in [5.74, 6) is 0. The van der Waals surface area contributed by atoms with Crippen molar-refractivity contribution >= 4 is 27.2 Å². The summed E-state index contributed by atoms with van der Waals surface area (Å²) in [7, 11) is -3.50. The lowest BCUT2D eigenvalue weighted by atomic mass is 10.4. The number of aromatic nitrogens is 2. The Kier molecular flexibility index (Phi) is 3.77. The van der Waals surface area contributed by atoms with Crippen LogP contribution >= 0.6 is 12.2 Å². The normalized spacial score (nSPS) is 11.5. The number of rotatable bonds is 5. The molecule has 0 atom stereocenters. The van der Waals surface area contributed by atoms with Crippen LogP contribution in [0.15, 0.2) is 11.1 Å². The first-order valence-electron chi connectivity index (χ1n) is 4.21. The second-order valence-electron chi connectivity index (χ2n) is 2.97. The standard InChI is InChI=1S/C7H12N4O2S2/c1-5-6(4-9-11-5)15(12,13)10-3-2-7(8)14/h4,10H,2-3H2,1H3,(H2,8,14)(H,9,11). The molecular formula is C7H12N4O2S2. The highest BCUT2D eigenvalue weighted by molar-refractivity contribution is 7.89. The molecular weight excluding hydrogens is 236 g/mol. The molecule has 0 saturated carbocycles. The lowest BCUT2D eigenvalue weighted by Gasteiger charge is -2.04. The van der Waals surface area contributed by atoms with Gasteiger partial charge in [-0.3, -0.25) is 5.10 Å². The van der Waals surface area contributed by atoms with Gasteiger partial charge in [0.15, 0.2) is 0 Å². The molecule has 0 aliphatic heterocycles. The molecule has 0 aliphatic rings. The summed E-state index contributed by atoms with van der Waals surface area (Å²) in [4.78, 5) is 0.423. The third kappa shape index (κ3) is 3.26. The van der Waals surface area contributed by atoms with E-state index < -0.39 is 10.0 Å². The van der Waals surface area contributed by atoms with Gasteiger partial charge in [0.2, 0.25) is 10.0 Å². The maximum absolute atomic E-state index is 11.6. The van der Waals surface area contributed by atoms with Gasteiger partial charge < -0.3 is 5.73 Å². The quantitative estimate of drug-likeness (QED) is 0.620. The molecule has 0 aromatic carbocycles. The molecule has 1 rings (SSSR count). The van der Waals surface area contributed by atoms with E-state index in [-0.39, 0.29) is 16.4 Å². The number of aromatic amines is 1. The number of nitrogens with zero attached hydrogens (tertiary/aromatic N) is 1. The molecule has 1 aromatic rings. The molecule has 0 aliphatic carbocycles. The minimum Gasteiger partial charge on any atom is -0.393 e. The van der Waals surface area contributed by atoms with Crippen molar-refractivity contribution in [2.24, 2.45) is 5.73 Å². The molecule has 8 heteroatoms. The Morgan fingerprint density at radius 3 is 2.87 bits per heavy atom. The fourth-order valence-corrected chi connectivity index (χ4v) is 2.27. The van der Waals surface area contributed by atoms with E-state index >= 15 is 0 Å². The number of thiocarbonyl (C=S) groups is 1. The van der Waals surface area contributed by atoms with E-state index in [2.05, 4.69) is 27.1 Å². The Morgan fingerprint density at radius 2 is 2.40 bits per heavy atom. The maximum atomic E-state index is 11.6. The van der Waals surface area contributed by atoms with Crippen molar-refractivity contribution in [1.82, 2.24) is 14.9 Å². The topological polar surface area (TPSA) is 101 Å². The highest BCUT2D eigenvalue weighted by atomic mass is 32.2. The Labute approximate surface area is 93.3 Å². The Morgan fingerprint density at radius 1 is 1.73 bits per heavy atom. The number of nitrogens with two attached hydrogens (primary N) is 1. The molecule has 0 amide bonds. The first kappa shape index (κ1) is 12.1. The summed E-state index contributed by atoms with van der Waals surface area (Å²) >= 11 is 4.63. The van der Waals surface area contributed by atoms with E-state index in [1.165, 1.54) is 6.20 Å². The van der Waals surface area contributed by atoms with Gasteiger partial charge in [0.25, 0.3) is 0 Å². The van der Waals surface area contributed by atoms with Crippen molar-refractivity contribution < 1.29 is 8.42 Å². The van der Waals surface area contributed by atoms with E-state index in [1.54, 1.807) is 6.92 Å². The van der Waals surface area contributed by atoms with Gasteiger partial charge in [0, 0.05) is 13.0 Å². The zero-order valence-corrected chi connectivity index (χ0v) is 9.78. The zero-order valence-electron chi connectivity index (χ0n) is 8.15. The van der Waals surface area contributed by atoms with Crippen LogP contribution < -0.4 is 10.5 Å². The van der Waals surface area contributed by atoms with Gasteiger partial charge in [-0.15, -0.1) is 0 Å². The summed E-state index contributed by atoms with van der Waals surface area (Å²) in [6.45, 7) is 1.83. The molecule has 4 N–H and O–H groups in total. The molecule has 1 aromatic heterocycles. The van der Waals surface area contributed by atoms with Crippen LogP contribution in [0, 0.1) is 6.92 Å². The summed E-state index contributed by atoms with van der Waals surface area (Å²) in [5.41, 5.74) is 5.75. The van der Waals surface area contributed by atoms with Crippen LogP contribution in [0.1, 0.15) is 12.1 Å². The smallest absolute Gasteiger partial charge is 0.243 e. The van der Waals surface area contributed by atoms with Crippen molar-refractivity contribution in [2.45, 2.75) is 18.2 Å². The van der Waals surface area contributed by atoms with Gasteiger partial charge in [0.05, 0.1) is 16.9 Å². The Hall–Kier alpha value is -0.990. The van der Waals surface area contributed by atoms with Gasteiger partial charge in [0.1, 0.15) is 4.90 Å². The fraction of sp³-hybridized carbons (Fsp3) is 0.429. The maximum Gasteiger partial charge on any atom is 0.243 e. The number of hydrogen-bond acceptors (Lipinski definition) is 4. The molecule has 84 valence electrons. The van der Waals surface area contributed by atoms with E-state index in [9.17, 15) is 8.42 Å². The molecule has 0 unspecified atom stereocenters. The summed E-state index contributed by atoms with van der Waals surface area (Å²) < 4.78 is 25.7. The first-order chi connectivity index (χ1) is 6.93.